The number of aromatic amines is 1. The van der Waals surface area contributed by atoms with Crippen molar-refractivity contribution >= 4 is 12.0 Å². The molecule has 0 bridgehead atoms. The van der Waals surface area contributed by atoms with Gasteiger partial charge in [-0.1, -0.05) is 0 Å². The first-order chi connectivity index (χ1) is 10.1. The zero-order valence-corrected chi connectivity index (χ0v) is 11.9. The zero-order chi connectivity index (χ0) is 15.1. The zero-order valence-electron chi connectivity index (χ0n) is 11.9. The number of rotatable bonds is 6. The van der Waals surface area contributed by atoms with Crippen LogP contribution < -0.4 is 5.32 Å². The number of carboxylic acid groups (broad SMARTS) is 1. The van der Waals surface area contributed by atoms with E-state index in [0.717, 1.165) is 18.7 Å². The fraction of sp³-hybridized carbons (Fsp3) is 0.615. The minimum absolute atomic E-state index is 0.0403. The lowest BCUT2D eigenvalue weighted by atomic mass is 10.3. The molecule has 1 aliphatic heterocycles. The number of amides is 2. The standard InChI is InChI=1S/C13H21N5O3/c19-12(20)10-17-6-8-18(9-7-17)13(21)16-3-1-2-11-14-4-5-15-11/h4-5H,1-3,6-10H2,(H,14,15)(H,16,21)(H,19,20). The number of piperazine rings is 1. The summed E-state index contributed by atoms with van der Waals surface area (Å²) in [5.74, 6) is 0.0948. The first kappa shape index (κ1) is 15.3. The van der Waals surface area contributed by atoms with Gasteiger partial charge in [0.25, 0.3) is 0 Å². The lowest BCUT2D eigenvalue weighted by Crippen LogP contribution is -2.52. The quantitative estimate of drug-likeness (QED) is 0.628. The second kappa shape index (κ2) is 7.63. The number of hydrogen-bond donors (Lipinski definition) is 3. The van der Waals surface area contributed by atoms with Gasteiger partial charge in [0.15, 0.2) is 0 Å². The summed E-state index contributed by atoms with van der Waals surface area (Å²) in [5, 5.41) is 11.6. The second-order valence-electron chi connectivity index (χ2n) is 5.03. The summed E-state index contributed by atoms with van der Waals surface area (Å²) in [4.78, 5) is 33.3. The highest BCUT2D eigenvalue weighted by Crippen LogP contribution is 2.02. The molecular formula is C13H21N5O3. The van der Waals surface area contributed by atoms with Crippen molar-refractivity contribution in [2.45, 2.75) is 12.8 Å². The smallest absolute Gasteiger partial charge is 0.317 e. The molecule has 2 amide bonds. The number of aryl methyl sites for hydroxylation is 1. The van der Waals surface area contributed by atoms with E-state index in [-0.39, 0.29) is 12.6 Å². The summed E-state index contributed by atoms with van der Waals surface area (Å²) in [6, 6.07) is -0.0792. The summed E-state index contributed by atoms with van der Waals surface area (Å²) >= 11 is 0. The number of H-pyrrole nitrogens is 1. The third-order valence-corrected chi connectivity index (χ3v) is 3.44. The van der Waals surface area contributed by atoms with Gasteiger partial charge in [-0.05, 0) is 6.42 Å². The molecule has 1 aromatic rings. The van der Waals surface area contributed by atoms with Gasteiger partial charge in [-0.25, -0.2) is 9.78 Å². The number of nitrogens with zero attached hydrogens (tertiary/aromatic N) is 3. The average Bonchev–Trinajstić information content (AvgIpc) is 2.97. The van der Waals surface area contributed by atoms with Crippen LogP contribution in [0.3, 0.4) is 0 Å². The molecule has 1 fully saturated rings. The maximum absolute atomic E-state index is 11.9. The Balaban J connectivity index is 1.60. The van der Waals surface area contributed by atoms with Crippen molar-refractivity contribution < 1.29 is 14.7 Å². The molecule has 1 aromatic heterocycles. The third kappa shape index (κ3) is 5.07. The number of imidazole rings is 1. The summed E-state index contributed by atoms with van der Waals surface area (Å²) in [6.45, 7) is 2.99. The molecule has 3 N–H and O–H groups in total. The van der Waals surface area contributed by atoms with E-state index in [4.69, 9.17) is 5.11 Å². The Morgan fingerprint density at radius 1 is 1.33 bits per heavy atom. The van der Waals surface area contributed by atoms with Crippen molar-refractivity contribution in [2.24, 2.45) is 0 Å². The van der Waals surface area contributed by atoms with Crippen LogP contribution in [-0.4, -0.2) is 76.1 Å². The van der Waals surface area contributed by atoms with E-state index in [9.17, 15) is 9.59 Å². The van der Waals surface area contributed by atoms with E-state index < -0.39 is 5.97 Å². The average molecular weight is 295 g/mol. The van der Waals surface area contributed by atoms with E-state index in [1.54, 1.807) is 17.3 Å². The Kier molecular flexibility index (Phi) is 5.56. The third-order valence-electron chi connectivity index (χ3n) is 3.44. The highest BCUT2D eigenvalue weighted by Gasteiger charge is 2.21. The molecule has 2 rings (SSSR count). The lowest BCUT2D eigenvalue weighted by molar-refractivity contribution is -0.138. The van der Waals surface area contributed by atoms with E-state index in [1.165, 1.54) is 0 Å². The van der Waals surface area contributed by atoms with Crippen molar-refractivity contribution in [1.29, 1.82) is 0 Å². The number of aromatic nitrogens is 2. The maximum atomic E-state index is 11.9. The maximum Gasteiger partial charge on any atom is 0.317 e. The first-order valence-corrected chi connectivity index (χ1v) is 7.10. The Morgan fingerprint density at radius 3 is 2.71 bits per heavy atom. The van der Waals surface area contributed by atoms with Gasteiger partial charge in [0.2, 0.25) is 0 Å². The summed E-state index contributed by atoms with van der Waals surface area (Å²) in [7, 11) is 0. The molecule has 0 radical (unpaired) electrons. The van der Waals surface area contributed by atoms with Crippen LogP contribution in [0.4, 0.5) is 4.79 Å². The fourth-order valence-electron chi connectivity index (χ4n) is 2.30. The van der Waals surface area contributed by atoms with E-state index in [0.29, 0.717) is 32.7 Å². The predicted octanol–water partition coefficient (Wildman–Crippen LogP) is -0.246. The van der Waals surface area contributed by atoms with Crippen LogP contribution in [0, 0.1) is 0 Å². The van der Waals surface area contributed by atoms with Gasteiger partial charge in [0.1, 0.15) is 5.82 Å². The molecule has 0 unspecified atom stereocenters. The molecule has 1 saturated heterocycles. The molecular weight excluding hydrogens is 274 g/mol. The van der Waals surface area contributed by atoms with Crippen LogP contribution in [0.5, 0.6) is 0 Å². The minimum atomic E-state index is -0.828. The van der Waals surface area contributed by atoms with Crippen LogP contribution in [0.2, 0.25) is 0 Å². The van der Waals surface area contributed by atoms with Crippen molar-refractivity contribution in [3.8, 4) is 0 Å². The van der Waals surface area contributed by atoms with Crippen LogP contribution in [-0.2, 0) is 11.2 Å². The lowest BCUT2D eigenvalue weighted by Gasteiger charge is -2.33. The van der Waals surface area contributed by atoms with Gasteiger partial charge in [-0.3, -0.25) is 9.69 Å². The number of nitrogens with one attached hydrogen (secondary N) is 2. The fourth-order valence-corrected chi connectivity index (χ4v) is 2.30. The predicted molar refractivity (Wildman–Crippen MR) is 76.0 cm³/mol. The van der Waals surface area contributed by atoms with Crippen molar-refractivity contribution in [2.75, 3.05) is 39.3 Å². The highest BCUT2D eigenvalue weighted by molar-refractivity contribution is 5.74. The van der Waals surface area contributed by atoms with Gasteiger partial charge < -0.3 is 20.3 Å². The minimum Gasteiger partial charge on any atom is -0.480 e. The van der Waals surface area contributed by atoms with Gasteiger partial charge in [0, 0.05) is 51.5 Å². The number of carboxylic acids is 1. The topological polar surface area (TPSA) is 102 Å². The van der Waals surface area contributed by atoms with Crippen molar-refractivity contribution in [1.82, 2.24) is 25.1 Å². The Bertz CT molecular complexity index is 454. The van der Waals surface area contributed by atoms with Crippen LogP contribution in [0.1, 0.15) is 12.2 Å². The number of urea groups is 1. The Labute approximate surface area is 123 Å². The van der Waals surface area contributed by atoms with Gasteiger partial charge in [0.05, 0.1) is 6.54 Å². The number of aliphatic carboxylic acids is 1. The highest BCUT2D eigenvalue weighted by atomic mass is 16.4. The molecule has 0 spiro atoms. The summed E-state index contributed by atoms with van der Waals surface area (Å²) < 4.78 is 0. The second-order valence-corrected chi connectivity index (χ2v) is 5.03. The molecule has 2 heterocycles. The molecule has 0 aromatic carbocycles. The molecule has 1 aliphatic rings. The monoisotopic (exact) mass is 295 g/mol. The van der Waals surface area contributed by atoms with Crippen LogP contribution in [0.25, 0.3) is 0 Å². The molecule has 8 heteroatoms. The number of hydrogen-bond acceptors (Lipinski definition) is 4. The van der Waals surface area contributed by atoms with Crippen LogP contribution >= 0.6 is 0 Å². The van der Waals surface area contributed by atoms with Gasteiger partial charge >= 0.3 is 12.0 Å². The van der Waals surface area contributed by atoms with E-state index >= 15 is 0 Å². The molecule has 21 heavy (non-hydrogen) atoms. The molecule has 0 atom stereocenters. The Morgan fingerprint density at radius 2 is 2.10 bits per heavy atom. The summed E-state index contributed by atoms with van der Waals surface area (Å²) in [6.07, 6.45) is 5.13. The summed E-state index contributed by atoms with van der Waals surface area (Å²) in [5.41, 5.74) is 0. The molecule has 0 aliphatic carbocycles. The van der Waals surface area contributed by atoms with Crippen molar-refractivity contribution in [3.63, 3.8) is 0 Å². The molecule has 0 saturated carbocycles. The SMILES string of the molecule is O=C(O)CN1CCN(C(=O)NCCCc2ncc[nH]2)CC1. The molecule has 8 nitrogen and oxygen atoms in total. The van der Waals surface area contributed by atoms with Crippen molar-refractivity contribution in [3.05, 3.63) is 18.2 Å². The Hall–Kier alpha value is -2.09. The normalized spacial score (nSPS) is 15.9. The van der Waals surface area contributed by atoms with Gasteiger partial charge in [-0.15, -0.1) is 0 Å². The van der Waals surface area contributed by atoms with Gasteiger partial charge in [-0.2, -0.15) is 0 Å². The van der Waals surface area contributed by atoms with E-state index in [2.05, 4.69) is 15.3 Å². The number of carbonyl (C=O) groups is 2. The largest absolute Gasteiger partial charge is 0.480 e. The van der Waals surface area contributed by atoms with E-state index in [1.807, 2.05) is 4.90 Å². The van der Waals surface area contributed by atoms with Crippen LogP contribution in [0.15, 0.2) is 12.4 Å². The first-order valence-electron chi connectivity index (χ1n) is 7.10. The number of carbonyl (C=O) groups excluding carboxylic acids is 1. The molecule has 116 valence electrons.